The lowest BCUT2D eigenvalue weighted by atomic mass is 10.00. The van der Waals surface area contributed by atoms with Crippen LogP contribution >= 0.6 is 0 Å². The van der Waals surface area contributed by atoms with Gasteiger partial charge in [0.2, 0.25) is 5.91 Å². The molecule has 3 heterocycles. The molecule has 0 bridgehead atoms. The van der Waals surface area contributed by atoms with Crippen molar-refractivity contribution in [3.63, 3.8) is 0 Å². The summed E-state index contributed by atoms with van der Waals surface area (Å²) in [6, 6.07) is 0.298. The van der Waals surface area contributed by atoms with Gasteiger partial charge in [0.25, 0.3) is 5.56 Å². The fraction of sp³-hybridized carbons (Fsp3) is 0.600. The normalized spacial score (nSPS) is 18.8. The number of hydrogen-bond donors (Lipinski definition) is 0. The van der Waals surface area contributed by atoms with Crippen molar-refractivity contribution >= 4 is 16.9 Å². The molecule has 1 atom stereocenters. The SMILES string of the molecule is CCC1CCCCN1C(=O)Cn1cnc2c(cnn2C)c1=O. The first kappa shape index (κ1) is 14.7. The van der Waals surface area contributed by atoms with Crippen LogP contribution in [-0.4, -0.2) is 42.7 Å². The highest BCUT2D eigenvalue weighted by molar-refractivity contribution is 5.77. The van der Waals surface area contributed by atoms with Gasteiger partial charge < -0.3 is 4.90 Å². The van der Waals surface area contributed by atoms with E-state index in [0.717, 1.165) is 25.8 Å². The van der Waals surface area contributed by atoms with Crippen molar-refractivity contribution in [2.24, 2.45) is 7.05 Å². The van der Waals surface area contributed by atoms with E-state index in [1.807, 2.05) is 4.90 Å². The molecule has 7 heteroatoms. The zero-order valence-corrected chi connectivity index (χ0v) is 13.0. The van der Waals surface area contributed by atoms with E-state index in [0.29, 0.717) is 17.1 Å². The van der Waals surface area contributed by atoms with Crippen LogP contribution in [0.4, 0.5) is 0 Å². The summed E-state index contributed by atoms with van der Waals surface area (Å²) in [6.45, 7) is 2.94. The Labute approximate surface area is 128 Å². The summed E-state index contributed by atoms with van der Waals surface area (Å²) in [5.74, 6) is -0.00121. The van der Waals surface area contributed by atoms with Gasteiger partial charge >= 0.3 is 0 Å². The molecule has 118 valence electrons. The Hall–Kier alpha value is -2.18. The van der Waals surface area contributed by atoms with Crippen molar-refractivity contribution in [1.82, 2.24) is 24.2 Å². The van der Waals surface area contributed by atoms with Crippen LogP contribution in [0.5, 0.6) is 0 Å². The molecule has 0 aromatic carbocycles. The van der Waals surface area contributed by atoms with Gasteiger partial charge in [0.05, 0.1) is 6.20 Å². The highest BCUT2D eigenvalue weighted by atomic mass is 16.2. The third-order valence-corrected chi connectivity index (χ3v) is 4.44. The Kier molecular flexibility index (Phi) is 3.96. The van der Waals surface area contributed by atoms with Gasteiger partial charge in [-0.2, -0.15) is 5.10 Å². The average molecular weight is 303 g/mol. The molecule has 1 aliphatic heterocycles. The molecule has 1 fully saturated rings. The van der Waals surface area contributed by atoms with Crippen molar-refractivity contribution in [2.45, 2.75) is 45.2 Å². The number of fused-ring (bicyclic) bond motifs is 1. The summed E-state index contributed by atoms with van der Waals surface area (Å²) < 4.78 is 2.94. The molecule has 2 aromatic heterocycles. The summed E-state index contributed by atoms with van der Waals surface area (Å²) in [7, 11) is 1.74. The van der Waals surface area contributed by atoms with Crippen LogP contribution in [-0.2, 0) is 18.4 Å². The highest BCUT2D eigenvalue weighted by Gasteiger charge is 2.25. The highest BCUT2D eigenvalue weighted by Crippen LogP contribution is 2.19. The molecular weight excluding hydrogens is 282 g/mol. The first-order valence-corrected chi connectivity index (χ1v) is 7.78. The second-order valence-electron chi connectivity index (χ2n) is 5.83. The first-order valence-electron chi connectivity index (χ1n) is 7.78. The molecule has 1 saturated heterocycles. The fourth-order valence-corrected chi connectivity index (χ4v) is 3.17. The van der Waals surface area contributed by atoms with E-state index in [4.69, 9.17) is 0 Å². The predicted octanol–water partition coefficient (Wildman–Crippen LogP) is 0.921. The molecule has 1 amide bonds. The molecule has 0 spiro atoms. The van der Waals surface area contributed by atoms with Crippen molar-refractivity contribution in [1.29, 1.82) is 0 Å². The number of amides is 1. The minimum absolute atomic E-state index is 0.00121. The minimum Gasteiger partial charge on any atom is -0.338 e. The standard InChI is InChI=1S/C15H21N5O2/c1-3-11-6-4-5-7-20(11)13(21)9-19-10-16-14-12(15(19)22)8-17-18(14)2/h8,10-11H,3-7,9H2,1-2H3. The lowest BCUT2D eigenvalue weighted by Gasteiger charge is -2.35. The van der Waals surface area contributed by atoms with Crippen LogP contribution in [0.15, 0.2) is 17.3 Å². The van der Waals surface area contributed by atoms with E-state index in [-0.39, 0.29) is 18.0 Å². The predicted molar refractivity (Wildman–Crippen MR) is 82.4 cm³/mol. The van der Waals surface area contributed by atoms with E-state index in [9.17, 15) is 9.59 Å². The van der Waals surface area contributed by atoms with Crippen molar-refractivity contribution in [2.75, 3.05) is 6.54 Å². The maximum Gasteiger partial charge on any atom is 0.264 e. The zero-order valence-electron chi connectivity index (χ0n) is 13.0. The van der Waals surface area contributed by atoms with Crippen LogP contribution in [0, 0.1) is 0 Å². The number of nitrogens with zero attached hydrogens (tertiary/aromatic N) is 5. The number of hydrogen-bond acceptors (Lipinski definition) is 4. The lowest BCUT2D eigenvalue weighted by molar-refractivity contribution is -0.135. The number of rotatable bonds is 3. The quantitative estimate of drug-likeness (QED) is 0.845. The second-order valence-corrected chi connectivity index (χ2v) is 5.83. The summed E-state index contributed by atoms with van der Waals surface area (Å²) >= 11 is 0. The Morgan fingerprint density at radius 1 is 1.41 bits per heavy atom. The number of likely N-dealkylation sites (tertiary alicyclic amines) is 1. The Balaban J connectivity index is 1.85. The zero-order chi connectivity index (χ0) is 15.7. The summed E-state index contributed by atoms with van der Waals surface area (Å²) in [6.07, 6.45) is 7.16. The van der Waals surface area contributed by atoms with Crippen LogP contribution in [0.1, 0.15) is 32.6 Å². The largest absolute Gasteiger partial charge is 0.338 e. The van der Waals surface area contributed by atoms with Gasteiger partial charge in [-0.3, -0.25) is 18.8 Å². The van der Waals surface area contributed by atoms with Crippen LogP contribution < -0.4 is 5.56 Å². The van der Waals surface area contributed by atoms with E-state index >= 15 is 0 Å². The first-order chi connectivity index (χ1) is 10.6. The molecular formula is C15H21N5O2. The van der Waals surface area contributed by atoms with Crippen LogP contribution in [0.25, 0.3) is 11.0 Å². The van der Waals surface area contributed by atoms with Crippen molar-refractivity contribution < 1.29 is 4.79 Å². The molecule has 1 aliphatic rings. The number of carbonyl (C=O) groups excluding carboxylic acids is 1. The van der Waals surface area contributed by atoms with E-state index < -0.39 is 0 Å². The van der Waals surface area contributed by atoms with Crippen molar-refractivity contribution in [3.05, 3.63) is 22.9 Å². The number of piperidine rings is 1. The monoisotopic (exact) mass is 303 g/mol. The molecule has 7 nitrogen and oxygen atoms in total. The number of aromatic nitrogens is 4. The maximum atomic E-state index is 12.5. The van der Waals surface area contributed by atoms with Gasteiger partial charge in [0.15, 0.2) is 5.65 Å². The van der Waals surface area contributed by atoms with Crippen LogP contribution in [0.3, 0.4) is 0 Å². The van der Waals surface area contributed by atoms with Gasteiger partial charge in [0.1, 0.15) is 18.3 Å². The smallest absolute Gasteiger partial charge is 0.264 e. The molecule has 0 N–H and O–H groups in total. The van der Waals surface area contributed by atoms with E-state index in [1.165, 1.54) is 23.5 Å². The Morgan fingerprint density at radius 3 is 3.00 bits per heavy atom. The average Bonchev–Trinajstić information content (AvgIpc) is 2.92. The molecule has 22 heavy (non-hydrogen) atoms. The minimum atomic E-state index is -0.212. The third kappa shape index (κ3) is 2.51. The molecule has 2 aromatic rings. The van der Waals surface area contributed by atoms with E-state index in [2.05, 4.69) is 17.0 Å². The van der Waals surface area contributed by atoms with Crippen molar-refractivity contribution in [3.8, 4) is 0 Å². The maximum absolute atomic E-state index is 12.5. The lowest BCUT2D eigenvalue weighted by Crippen LogP contribution is -2.45. The molecule has 0 aliphatic carbocycles. The van der Waals surface area contributed by atoms with Gasteiger partial charge in [0, 0.05) is 19.6 Å². The van der Waals surface area contributed by atoms with Gasteiger partial charge in [-0.1, -0.05) is 6.92 Å². The van der Waals surface area contributed by atoms with E-state index in [1.54, 1.807) is 11.7 Å². The third-order valence-electron chi connectivity index (χ3n) is 4.44. The summed E-state index contributed by atoms with van der Waals surface area (Å²) in [4.78, 5) is 31.1. The number of carbonyl (C=O) groups is 1. The molecule has 0 radical (unpaired) electrons. The van der Waals surface area contributed by atoms with Gasteiger partial charge in [-0.25, -0.2) is 4.98 Å². The second kappa shape index (κ2) is 5.90. The summed E-state index contributed by atoms with van der Waals surface area (Å²) in [5.41, 5.74) is 0.328. The Morgan fingerprint density at radius 2 is 2.23 bits per heavy atom. The fourth-order valence-electron chi connectivity index (χ4n) is 3.17. The molecule has 0 saturated carbocycles. The molecule has 1 unspecified atom stereocenters. The van der Waals surface area contributed by atoms with Gasteiger partial charge in [-0.15, -0.1) is 0 Å². The van der Waals surface area contributed by atoms with Crippen LogP contribution in [0.2, 0.25) is 0 Å². The topological polar surface area (TPSA) is 73.0 Å². The number of aryl methyl sites for hydroxylation is 1. The Bertz CT molecular complexity index is 748. The summed E-state index contributed by atoms with van der Waals surface area (Å²) in [5, 5.41) is 4.49. The van der Waals surface area contributed by atoms with Gasteiger partial charge in [-0.05, 0) is 25.7 Å². The molecule has 3 rings (SSSR count).